The van der Waals surface area contributed by atoms with Crippen LogP contribution in [0.5, 0.6) is 0 Å². The number of likely N-dealkylation sites (N-methyl/N-ethyl adjacent to an activating group) is 1. The number of benzene rings is 3. The summed E-state index contributed by atoms with van der Waals surface area (Å²) in [5, 5.41) is 22.4. The molecule has 2 N–H and O–H groups in total. The van der Waals surface area contributed by atoms with E-state index in [0.717, 1.165) is 18.4 Å². The van der Waals surface area contributed by atoms with Crippen molar-refractivity contribution in [3.63, 3.8) is 0 Å². The molecule has 1 aliphatic carbocycles. The van der Waals surface area contributed by atoms with E-state index in [1.807, 2.05) is 24.3 Å². The normalized spacial score (nSPS) is 20.7. The SMILES string of the molecule is CN(C)C(=O)[C@@](C)(O)c1ccc2c(c1)C(=O)N(Cc1ccc(Cl)cc1)[C@@]2(OCC1(CO)CC1)c1ccc(Cl)cc1. The van der Waals surface area contributed by atoms with Crippen LogP contribution in [0.1, 0.15) is 52.4 Å². The third-order valence-corrected chi connectivity index (χ3v) is 8.50. The Morgan fingerprint density at radius 2 is 1.62 bits per heavy atom. The van der Waals surface area contributed by atoms with Gasteiger partial charge in [0, 0.05) is 52.8 Å². The monoisotopic (exact) mass is 582 g/mol. The van der Waals surface area contributed by atoms with Crippen LogP contribution in [0.3, 0.4) is 0 Å². The second-order valence-electron chi connectivity index (χ2n) is 11.1. The highest BCUT2D eigenvalue weighted by Crippen LogP contribution is 2.51. The van der Waals surface area contributed by atoms with Crippen molar-refractivity contribution in [1.29, 1.82) is 0 Å². The second kappa shape index (κ2) is 10.5. The Morgan fingerprint density at radius 1 is 1.02 bits per heavy atom. The number of aliphatic hydroxyl groups excluding tert-OH is 1. The zero-order valence-corrected chi connectivity index (χ0v) is 24.2. The largest absolute Gasteiger partial charge is 0.396 e. The van der Waals surface area contributed by atoms with Crippen molar-refractivity contribution in [3.05, 3.63) is 105 Å². The Hall–Kier alpha value is -2.94. The van der Waals surface area contributed by atoms with Gasteiger partial charge in [-0.2, -0.15) is 0 Å². The van der Waals surface area contributed by atoms with Crippen molar-refractivity contribution in [2.24, 2.45) is 5.41 Å². The molecule has 2 amide bonds. The topological polar surface area (TPSA) is 90.3 Å². The first kappa shape index (κ1) is 28.6. The number of ether oxygens (including phenoxy) is 1. The number of fused-ring (bicyclic) bond motifs is 1. The molecule has 0 radical (unpaired) electrons. The fourth-order valence-corrected chi connectivity index (χ4v) is 5.53. The molecule has 3 aromatic rings. The van der Waals surface area contributed by atoms with Crippen molar-refractivity contribution >= 4 is 35.0 Å². The first-order valence-electron chi connectivity index (χ1n) is 13.1. The molecule has 2 atom stereocenters. The highest BCUT2D eigenvalue weighted by molar-refractivity contribution is 6.30. The zero-order chi connectivity index (χ0) is 28.9. The van der Waals surface area contributed by atoms with E-state index in [2.05, 4.69) is 0 Å². The van der Waals surface area contributed by atoms with Crippen LogP contribution in [0.2, 0.25) is 10.0 Å². The highest BCUT2D eigenvalue weighted by atomic mass is 35.5. The number of carbonyl (C=O) groups excluding carboxylic acids is 2. The molecule has 3 aromatic carbocycles. The van der Waals surface area contributed by atoms with E-state index < -0.39 is 17.2 Å². The maximum absolute atomic E-state index is 14.3. The minimum absolute atomic E-state index is 0.0177. The van der Waals surface area contributed by atoms with Gasteiger partial charge >= 0.3 is 0 Å². The lowest BCUT2D eigenvalue weighted by molar-refractivity contribution is -0.147. The molecular formula is C31H32Cl2N2O5. The van der Waals surface area contributed by atoms with E-state index >= 15 is 0 Å². The van der Waals surface area contributed by atoms with E-state index in [1.54, 1.807) is 61.5 Å². The van der Waals surface area contributed by atoms with Crippen LogP contribution in [0, 0.1) is 5.41 Å². The molecule has 40 heavy (non-hydrogen) atoms. The number of amides is 2. The molecule has 1 aliphatic heterocycles. The molecule has 9 heteroatoms. The van der Waals surface area contributed by atoms with Crippen LogP contribution in [0.4, 0.5) is 0 Å². The number of hydrogen-bond acceptors (Lipinski definition) is 5. The number of aliphatic hydroxyl groups is 2. The Balaban J connectivity index is 1.70. The minimum Gasteiger partial charge on any atom is -0.396 e. The van der Waals surface area contributed by atoms with Crippen molar-refractivity contribution < 1.29 is 24.5 Å². The molecule has 0 aromatic heterocycles. The molecule has 1 fully saturated rings. The third kappa shape index (κ3) is 4.91. The van der Waals surface area contributed by atoms with Crippen LogP contribution >= 0.6 is 23.2 Å². The Kier molecular flexibility index (Phi) is 7.48. The van der Waals surface area contributed by atoms with Gasteiger partial charge in [0.2, 0.25) is 0 Å². The molecule has 1 saturated carbocycles. The van der Waals surface area contributed by atoms with Crippen LogP contribution < -0.4 is 0 Å². The standard InChI is InChI=1S/C31H32Cl2N2O5/c1-29(39,28(38)34(2)3)22-8-13-26-25(16-22)27(37)35(17-20-4-9-23(32)10-5-20)31(26,21-6-11-24(33)12-7-21)40-19-30(18-36)14-15-30/h4-13,16,36,39H,14-15,17-19H2,1-3H3/t29-,31+/m0/s1. The van der Waals surface area contributed by atoms with E-state index in [-0.39, 0.29) is 31.1 Å². The summed E-state index contributed by atoms with van der Waals surface area (Å²) in [6, 6.07) is 19.4. The average Bonchev–Trinajstić information content (AvgIpc) is 3.69. The van der Waals surface area contributed by atoms with Crippen LogP contribution in [0.25, 0.3) is 0 Å². The quantitative estimate of drug-likeness (QED) is 0.373. The molecule has 7 nitrogen and oxygen atoms in total. The van der Waals surface area contributed by atoms with E-state index in [0.29, 0.717) is 32.3 Å². The zero-order valence-electron chi connectivity index (χ0n) is 22.7. The lowest BCUT2D eigenvalue weighted by Crippen LogP contribution is -2.47. The number of carbonyl (C=O) groups is 2. The summed E-state index contributed by atoms with van der Waals surface area (Å²) < 4.78 is 6.79. The van der Waals surface area contributed by atoms with Crippen molar-refractivity contribution in [2.75, 3.05) is 27.3 Å². The predicted molar refractivity (Wildman–Crippen MR) is 153 cm³/mol. The molecular weight excluding hydrogens is 551 g/mol. The van der Waals surface area contributed by atoms with Gasteiger partial charge in [-0.25, -0.2) is 0 Å². The second-order valence-corrected chi connectivity index (χ2v) is 12.0. The Bertz CT molecular complexity index is 1440. The number of hydrogen-bond donors (Lipinski definition) is 2. The average molecular weight is 584 g/mol. The predicted octanol–water partition coefficient (Wildman–Crippen LogP) is 4.94. The van der Waals surface area contributed by atoms with Gasteiger partial charge in [-0.1, -0.05) is 59.6 Å². The van der Waals surface area contributed by atoms with Crippen molar-refractivity contribution in [2.45, 2.75) is 37.6 Å². The first-order chi connectivity index (χ1) is 18.9. The van der Waals surface area contributed by atoms with Gasteiger partial charge in [-0.3, -0.25) is 14.5 Å². The summed E-state index contributed by atoms with van der Waals surface area (Å²) in [5.41, 5.74) is -0.828. The fourth-order valence-electron chi connectivity index (χ4n) is 5.28. The lowest BCUT2D eigenvalue weighted by Gasteiger charge is -2.40. The van der Waals surface area contributed by atoms with Crippen LogP contribution in [0.15, 0.2) is 66.7 Å². The third-order valence-electron chi connectivity index (χ3n) is 7.99. The maximum atomic E-state index is 14.3. The van der Waals surface area contributed by atoms with Gasteiger partial charge in [0.05, 0.1) is 13.2 Å². The summed E-state index contributed by atoms with van der Waals surface area (Å²) in [6.45, 7) is 1.83. The molecule has 0 saturated heterocycles. The summed E-state index contributed by atoms with van der Waals surface area (Å²) in [5.74, 6) is -0.821. The lowest BCUT2D eigenvalue weighted by atomic mass is 9.88. The van der Waals surface area contributed by atoms with E-state index in [4.69, 9.17) is 27.9 Å². The molecule has 0 bridgehead atoms. The maximum Gasteiger partial charge on any atom is 0.258 e. The summed E-state index contributed by atoms with van der Waals surface area (Å²) in [6.07, 6.45) is 1.65. The molecule has 0 unspecified atom stereocenters. The van der Waals surface area contributed by atoms with Crippen LogP contribution in [-0.4, -0.2) is 59.1 Å². The van der Waals surface area contributed by atoms with Crippen LogP contribution in [-0.2, 0) is 27.4 Å². The molecule has 210 valence electrons. The van der Waals surface area contributed by atoms with Gasteiger partial charge in [-0.15, -0.1) is 0 Å². The van der Waals surface area contributed by atoms with Crippen molar-refractivity contribution in [3.8, 4) is 0 Å². The summed E-state index contributed by atoms with van der Waals surface area (Å²) in [7, 11) is 3.13. The van der Waals surface area contributed by atoms with Gasteiger partial charge in [0.15, 0.2) is 11.3 Å². The van der Waals surface area contributed by atoms with E-state index in [1.165, 1.54) is 11.8 Å². The molecule has 0 spiro atoms. The Labute approximate surface area is 243 Å². The van der Waals surface area contributed by atoms with E-state index in [9.17, 15) is 19.8 Å². The summed E-state index contributed by atoms with van der Waals surface area (Å²) >= 11 is 12.4. The Morgan fingerprint density at radius 3 is 2.17 bits per heavy atom. The van der Waals surface area contributed by atoms with Crippen molar-refractivity contribution in [1.82, 2.24) is 9.80 Å². The van der Waals surface area contributed by atoms with Gasteiger partial charge < -0.3 is 19.8 Å². The molecule has 1 heterocycles. The fraction of sp³-hybridized carbons (Fsp3) is 0.355. The minimum atomic E-state index is -1.85. The van der Waals surface area contributed by atoms with Gasteiger partial charge in [-0.05, 0) is 61.2 Å². The summed E-state index contributed by atoms with van der Waals surface area (Å²) in [4.78, 5) is 30.1. The number of rotatable bonds is 9. The number of nitrogens with zero attached hydrogens (tertiary/aromatic N) is 2. The smallest absolute Gasteiger partial charge is 0.258 e. The van der Waals surface area contributed by atoms with Gasteiger partial charge in [0.1, 0.15) is 0 Å². The first-order valence-corrected chi connectivity index (χ1v) is 13.9. The molecule has 2 aliphatic rings. The highest BCUT2D eigenvalue weighted by Gasteiger charge is 2.55. The van der Waals surface area contributed by atoms with Gasteiger partial charge in [0.25, 0.3) is 11.8 Å². The number of halogens is 2. The molecule has 5 rings (SSSR count).